The zero-order valence-electron chi connectivity index (χ0n) is 11.5. The molecule has 6 nitrogen and oxygen atoms in total. The maximum absolute atomic E-state index is 11.8. The molecule has 1 rings (SSSR count). The number of nitrogens with one attached hydrogen (secondary N) is 1. The fraction of sp³-hybridized carbons (Fsp3) is 0.462. The minimum Gasteiger partial charge on any atom is -0.349 e. The summed E-state index contributed by atoms with van der Waals surface area (Å²) in [7, 11) is 0. The van der Waals surface area contributed by atoms with E-state index >= 15 is 0 Å². The fourth-order valence-electron chi connectivity index (χ4n) is 1.70. The van der Waals surface area contributed by atoms with E-state index in [-0.39, 0.29) is 42.5 Å². The molecule has 1 aromatic carbocycles. The molecule has 112 valence electrons. The fourth-order valence-corrected chi connectivity index (χ4v) is 1.70. The molecule has 0 spiro atoms. The summed E-state index contributed by atoms with van der Waals surface area (Å²) in [5.74, 6) is -0.409. The van der Waals surface area contributed by atoms with Gasteiger partial charge in [-0.3, -0.25) is 14.9 Å². The molecule has 0 bridgehead atoms. The van der Waals surface area contributed by atoms with Crippen molar-refractivity contribution in [3.63, 3.8) is 0 Å². The summed E-state index contributed by atoms with van der Waals surface area (Å²) in [5, 5.41) is 13.6. The molecule has 0 aliphatic carbocycles. The molecule has 0 heterocycles. The van der Waals surface area contributed by atoms with Crippen LogP contribution in [0.15, 0.2) is 24.3 Å². The van der Waals surface area contributed by atoms with Crippen molar-refractivity contribution in [1.82, 2.24) is 5.32 Å². The summed E-state index contributed by atoms with van der Waals surface area (Å²) in [6.07, 6.45) is 0.657. The third-order valence-electron chi connectivity index (χ3n) is 3.01. The van der Waals surface area contributed by atoms with Crippen molar-refractivity contribution in [3.05, 3.63) is 39.9 Å². The third kappa shape index (κ3) is 4.79. The number of nitrogens with zero attached hydrogens (tertiary/aromatic N) is 1. The Morgan fingerprint density at radius 3 is 2.65 bits per heavy atom. The average Bonchev–Trinajstić information content (AvgIpc) is 2.43. The second-order valence-corrected chi connectivity index (χ2v) is 4.46. The van der Waals surface area contributed by atoms with Gasteiger partial charge in [0.25, 0.3) is 5.69 Å². The SMILES string of the molecule is CCC(NC(=O)C(C)CN)c1cccc([N+](=O)[O-])c1.Cl. The van der Waals surface area contributed by atoms with Crippen LogP contribution in [-0.2, 0) is 4.79 Å². The van der Waals surface area contributed by atoms with Crippen LogP contribution in [-0.4, -0.2) is 17.4 Å². The van der Waals surface area contributed by atoms with Gasteiger partial charge in [-0.1, -0.05) is 26.0 Å². The number of carbonyl (C=O) groups excluding carboxylic acids is 1. The van der Waals surface area contributed by atoms with Crippen molar-refractivity contribution in [2.75, 3.05) is 6.54 Å². The van der Waals surface area contributed by atoms with Gasteiger partial charge in [0.15, 0.2) is 0 Å². The molecule has 1 amide bonds. The summed E-state index contributed by atoms with van der Waals surface area (Å²) in [4.78, 5) is 22.1. The van der Waals surface area contributed by atoms with Crippen LogP contribution >= 0.6 is 12.4 Å². The zero-order chi connectivity index (χ0) is 14.4. The molecule has 0 fully saturated rings. The number of hydrogen-bond donors (Lipinski definition) is 2. The Kier molecular flexibility index (Phi) is 7.79. The summed E-state index contributed by atoms with van der Waals surface area (Å²) in [5.41, 5.74) is 6.20. The van der Waals surface area contributed by atoms with Crippen molar-refractivity contribution in [3.8, 4) is 0 Å². The third-order valence-corrected chi connectivity index (χ3v) is 3.01. The van der Waals surface area contributed by atoms with E-state index in [0.29, 0.717) is 6.42 Å². The number of nitro groups is 1. The Labute approximate surface area is 124 Å². The van der Waals surface area contributed by atoms with E-state index < -0.39 is 4.92 Å². The lowest BCUT2D eigenvalue weighted by Gasteiger charge is -2.19. The monoisotopic (exact) mass is 301 g/mol. The molecule has 20 heavy (non-hydrogen) atoms. The van der Waals surface area contributed by atoms with E-state index in [1.54, 1.807) is 19.1 Å². The highest BCUT2D eigenvalue weighted by atomic mass is 35.5. The number of nitrogens with two attached hydrogens (primary N) is 1. The van der Waals surface area contributed by atoms with Crippen LogP contribution in [0.25, 0.3) is 0 Å². The molecule has 0 radical (unpaired) electrons. The second kappa shape index (κ2) is 8.50. The van der Waals surface area contributed by atoms with Crippen molar-refractivity contribution >= 4 is 24.0 Å². The smallest absolute Gasteiger partial charge is 0.269 e. The standard InChI is InChI=1S/C13H19N3O3.ClH/c1-3-12(15-13(17)9(2)8-14)10-5-4-6-11(7-10)16(18)19;/h4-7,9,12H,3,8,14H2,1-2H3,(H,15,17);1H. The van der Waals surface area contributed by atoms with Crippen LogP contribution in [0, 0.1) is 16.0 Å². The number of halogens is 1. The highest BCUT2D eigenvalue weighted by Crippen LogP contribution is 2.21. The maximum Gasteiger partial charge on any atom is 0.269 e. The molecular weight excluding hydrogens is 282 g/mol. The van der Waals surface area contributed by atoms with Gasteiger partial charge in [-0.15, -0.1) is 12.4 Å². The minimum absolute atomic E-state index is 0. The first-order chi connectivity index (χ1) is 8.99. The number of rotatable bonds is 6. The van der Waals surface area contributed by atoms with Gasteiger partial charge >= 0.3 is 0 Å². The van der Waals surface area contributed by atoms with Gasteiger partial charge in [0.2, 0.25) is 5.91 Å². The van der Waals surface area contributed by atoms with Gasteiger partial charge in [0, 0.05) is 24.6 Å². The molecular formula is C13H20ClN3O3. The molecule has 2 atom stereocenters. The van der Waals surface area contributed by atoms with E-state index in [9.17, 15) is 14.9 Å². The van der Waals surface area contributed by atoms with Crippen LogP contribution in [0.5, 0.6) is 0 Å². The van der Waals surface area contributed by atoms with Crippen LogP contribution in [0.4, 0.5) is 5.69 Å². The number of carbonyl (C=O) groups is 1. The van der Waals surface area contributed by atoms with Gasteiger partial charge in [-0.25, -0.2) is 0 Å². The Bertz CT molecular complexity index is 468. The Morgan fingerprint density at radius 2 is 2.15 bits per heavy atom. The molecule has 3 N–H and O–H groups in total. The van der Waals surface area contributed by atoms with Gasteiger partial charge in [-0.2, -0.15) is 0 Å². The maximum atomic E-state index is 11.8. The van der Waals surface area contributed by atoms with Crippen molar-refractivity contribution < 1.29 is 9.72 Å². The van der Waals surface area contributed by atoms with E-state index in [0.717, 1.165) is 5.56 Å². The van der Waals surface area contributed by atoms with Gasteiger partial charge in [0.05, 0.1) is 11.0 Å². The second-order valence-electron chi connectivity index (χ2n) is 4.46. The lowest BCUT2D eigenvalue weighted by Crippen LogP contribution is -2.35. The molecule has 0 aliphatic rings. The summed E-state index contributed by atoms with van der Waals surface area (Å²) in [6, 6.07) is 6.08. The van der Waals surface area contributed by atoms with Gasteiger partial charge < -0.3 is 11.1 Å². The predicted molar refractivity (Wildman–Crippen MR) is 79.7 cm³/mol. The summed E-state index contributed by atoms with van der Waals surface area (Å²) < 4.78 is 0. The highest BCUT2D eigenvalue weighted by molar-refractivity contribution is 5.85. The molecule has 0 aliphatic heterocycles. The number of hydrogen-bond acceptors (Lipinski definition) is 4. The average molecular weight is 302 g/mol. The quantitative estimate of drug-likeness (QED) is 0.621. The first-order valence-corrected chi connectivity index (χ1v) is 6.24. The van der Waals surface area contributed by atoms with E-state index in [1.165, 1.54) is 12.1 Å². The number of benzene rings is 1. The van der Waals surface area contributed by atoms with Gasteiger partial charge in [-0.05, 0) is 12.0 Å². The van der Waals surface area contributed by atoms with Crippen LogP contribution in [0.3, 0.4) is 0 Å². The van der Waals surface area contributed by atoms with Crippen molar-refractivity contribution in [1.29, 1.82) is 0 Å². The van der Waals surface area contributed by atoms with Crippen LogP contribution in [0.2, 0.25) is 0 Å². The number of amides is 1. The van der Waals surface area contributed by atoms with E-state index in [2.05, 4.69) is 5.32 Å². The summed E-state index contributed by atoms with van der Waals surface area (Å²) >= 11 is 0. The van der Waals surface area contributed by atoms with Crippen LogP contribution < -0.4 is 11.1 Å². The molecule has 1 aromatic rings. The molecule has 2 unspecified atom stereocenters. The van der Waals surface area contributed by atoms with Crippen molar-refractivity contribution in [2.45, 2.75) is 26.3 Å². The van der Waals surface area contributed by atoms with Crippen LogP contribution in [0.1, 0.15) is 31.9 Å². The van der Waals surface area contributed by atoms with E-state index in [1.807, 2.05) is 6.92 Å². The highest BCUT2D eigenvalue weighted by Gasteiger charge is 2.18. The molecule has 0 aromatic heterocycles. The summed E-state index contributed by atoms with van der Waals surface area (Å²) in [6.45, 7) is 3.93. The van der Waals surface area contributed by atoms with Crippen molar-refractivity contribution in [2.24, 2.45) is 11.7 Å². The number of nitro benzene ring substituents is 1. The minimum atomic E-state index is -0.444. The first kappa shape index (κ1) is 18.3. The Balaban J connectivity index is 0.00000361. The number of non-ortho nitro benzene ring substituents is 1. The molecule has 0 saturated heterocycles. The molecule has 0 saturated carbocycles. The van der Waals surface area contributed by atoms with Gasteiger partial charge in [0.1, 0.15) is 0 Å². The zero-order valence-corrected chi connectivity index (χ0v) is 12.4. The van der Waals surface area contributed by atoms with E-state index in [4.69, 9.17) is 5.73 Å². The Hall–Kier alpha value is -1.66. The first-order valence-electron chi connectivity index (χ1n) is 6.24. The topological polar surface area (TPSA) is 98.3 Å². The molecule has 7 heteroatoms. The largest absolute Gasteiger partial charge is 0.349 e. The normalized spacial score (nSPS) is 12.9. The lowest BCUT2D eigenvalue weighted by atomic mass is 10.0. The lowest BCUT2D eigenvalue weighted by molar-refractivity contribution is -0.384. The Morgan fingerprint density at radius 1 is 1.50 bits per heavy atom. The predicted octanol–water partition coefficient (Wildman–Crippen LogP) is 2.18.